The van der Waals surface area contributed by atoms with Crippen LogP contribution in [0.1, 0.15) is 17.2 Å². The second-order valence-corrected chi connectivity index (χ2v) is 9.71. The number of hydrogen-bond acceptors (Lipinski definition) is 8. The van der Waals surface area contributed by atoms with Gasteiger partial charge in [-0.2, -0.15) is 0 Å². The molecule has 2 N–H and O–H groups in total. The van der Waals surface area contributed by atoms with Crippen molar-refractivity contribution < 1.29 is 22.7 Å². The van der Waals surface area contributed by atoms with E-state index in [2.05, 4.69) is 20.6 Å². The van der Waals surface area contributed by atoms with E-state index in [1.165, 1.54) is 12.1 Å². The average molecular weight is 501 g/mol. The molecule has 1 aromatic heterocycles. The van der Waals surface area contributed by atoms with Crippen LogP contribution in [0.4, 0.5) is 5.69 Å². The number of aryl methyl sites for hydroxylation is 2. The summed E-state index contributed by atoms with van der Waals surface area (Å²) in [4.78, 5) is 20.6. The standard InChI is InChI=1S/C23H24N4O5S2/c1-15-12-16(2)25-21(24-15)14-34(29,30)20-10-4-17(5-11-20)26-23(33)27-22(28)13-32-19-8-6-18(31-3)7-9-19/h4-12H,13-14H2,1-3H3,(H2,26,27,28,33). The highest BCUT2D eigenvalue weighted by molar-refractivity contribution is 7.90. The first-order chi connectivity index (χ1) is 16.1. The molecule has 0 fully saturated rings. The zero-order valence-electron chi connectivity index (χ0n) is 18.9. The Morgan fingerprint density at radius 2 is 1.56 bits per heavy atom. The predicted molar refractivity (Wildman–Crippen MR) is 132 cm³/mol. The monoisotopic (exact) mass is 500 g/mol. The van der Waals surface area contributed by atoms with Crippen LogP contribution in [0.15, 0.2) is 59.5 Å². The van der Waals surface area contributed by atoms with Gasteiger partial charge in [0.1, 0.15) is 23.1 Å². The van der Waals surface area contributed by atoms with E-state index in [-0.39, 0.29) is 28.2 Å². The van der Waals surface area contributed by atoms with E-state index < -0.39 is 15.7 Å². The van der Waals surface area contributed by atoms with Crippen molar-refractivity contribution in [3.05, 3.63) is 71.8 Å². The van der Waals surface area contributed by atoms with Gasteiger partial charge in [-0.25, -0.2) is 18.4 Å². The van der Waals surface area contributed by atoms with Crippen LogP contribution in [0.25, 0.3) is 0 Å². The highest BCUT2D eigenvalue weighted by atomic mass is 32.2. The van der Waals surface area contributed by atoms with E-state index in [9.17, 15) is 13.2 Å². The third kappa shape index (κ3) is 7.22. The molecule has 0 atom stereocenters. The summed E-state index contributed by atoms with van der Waals surface area (Å²) >= 11 is 5.14. The molecule has 3 aromatic rings. The number of aromatic nitrogens is 2. The highest BCUT2D eigenvalue weighted by Gasteiger charge is 2.18. The molecule has 34 heavy (non-hydrogen) atoms. The highest BCUT2D eigenvalue weighted by Crippen LogP contribution is 2.19. The Hall–Kier alpha value is -3.57. The van der Waals surface area contributed by atoms with Gasteiger partial charge >= 0.3 is 0 Å². The summed E-state index contributed by atoms with van der Waals surface area (Å²) in [5.41, 5.74) is 1.94. The second-order valence-electron chi connectivity index (χ2n) is 7.32. The zero-order valence-corrected chi connectivity index (χ0v) is 20.5. The quantitative estimate of drug-likeness (QED) is 0.450. The fourth-order valence-electron chi connectivity index (χ4n) is 3.01. The first kappa shape index (κ1) is 25.1. The van der Waals surface area contributed by atoms with Gasteiger partial charge in [0.2, 0.25) is 0 Å². The minimum Gasteiger partial charge on any atom is -0.497 e. The van der Waals surface area contributed by atoms with Crippen molar-refractivity contribution in [2.45, 2.75) is 24.5 Å². The number of thiocarbonyl (C=S) groups is 1. The lowest BCUT2D eigenvalue weighted by molar-refractivity contribution is -0.121. The van der Waals surface area contributed by atoms with E-state index in [0.29, 0.717) is 28.6 Å². The van der Waals surface area contributed by atoms with Crippen LogP contribution in [0.5, 0.6) is 11.5 Å². The molecule has 0 saturated heterocycles. The molecule has 2 aromatic carbocycles. The van der Waals surface area contributed by atoms with Crippen LogP contribution in [0.3, 0.4) is 0 Å². The molecule has 178 valence electrons. The Balaban J connectivity index is 1.52. The van der Waals surface area contributed by atoms with Crippen molar-refractivity contribution in [1.29, 1.82) is 0 Å². The normalized spacial score (nSPS) is 10.9. The molecule has 3 rings (SSSR count). The Morgan fingerprint density at radius 3 is 2.15 bits per heavy atom. The summed E-state index contributed by atoms with van der Waals surface area (Å²) in [5.74, 6) is 0.698. The number of nitrogens with one attached hydrogen (secondary N) is 2. The van der Waals surface area contributed by atoms with Crippen molar-refractivity contribution in [1.82, 2.24) is 15.3 Å². The number of methoxy groups -OCH3 is 1. The average Bonchev–Trinajstić information content (AvgIpc) is 2.77. The summed E-state index contributed by atoms with van der Waals surface area (Å²) in [6, 6.07) is 14.6. The van der Waals surface area contributed by atoms with E-state index in [1.54, 1.807) is 63.4 Å². The largest absolute Gasteiger partial charge is 0.497 e. The smallest absolute Gasteiger partial charge is 0.264 e. The first-order valence-electron chi connectivity index (χ1n) is 10.2. The van der Waals surface area contributed by atoms with Crippen molar-refractivity contribution in [3.8, 4) is 11.5 Å². The predicted octanol–water partition coefficient (Wildman–Crippen LogP) is 2.97. The maximum Gasteiger partial charge on any atom is 0.264 e. The van der Waals surface area contributed by atoms with Gasteiger partial charge in [-0.3, -0.25) is 10.1 Å². The summed E-state index contributed by atoms with van der Waals surface area (Å²) in [7, 11) is -2.07. The van der Waals surface area contributed by atoms with Crippen LogP contribution in [-0.2, 0) is 20.4 Å². The molecule has 1 heterocycles. The number of carbonyl (C=O) groups is 1. The molecule has 0 bridgehead atoms. The Morgan fingerprint density at radius 1 is 0.971 bits per heavy atom. The molecule has 9 nitrogen and oxygen atoms in total. The molecule has 0 spiro atoms. The van der Waals surface area contributed by atoms with E-state index >= 15 is 0 Å². The lowest BCUT2D eigenvalue weighted by Gasteiger charge is -2.11. The summed E-state index contributed by atoms with van der Waals surface area (Å²) in [6.07, 6.45) is 0. The van der Waals surface area contributed by atoms with Gasteiger partial charge in [-0.05, 0) is 80.7 Å². The molecule has 11 heteroatoms. The van der Waals surface area contributed by atoms with Crippen LogP contribution in [0, 0.1) is 13.8 Å². The molecule has 0 aliphatic carbocycles. The molecule has 0 radical (unpaired) electrons. The van der Waals surface area contributed by atoms with Gasteiger partial charge in [0.25, 0.3) is 5.91 Å². The van der Waals surface area contributed by atoms with E-state index in [1.807, 2.05) is 0 Å². The number of anilines is 1. The number of sulfone groups is 1. The van der Waals surface area contributed by atoms with Gasteiger partial charge in [0.15, 0.2) is 21.6 Å². The van der Waals surface area contributed by atoms with E-state index in [0.717, 1.165) is 0 Å². The minimum absolute atomic E-state index is 0.0579. The molecular weight excluding hydrogens is 476 g/mol. The zero-order chi connectivity index (χ0) is 24.7. The maximum absolute atomic E-state index is 12.7. The van der Waals surface area contributed by atoms with Crippen molar-refractivity contribution in [2.75, 3.05) is 19.0 Å². The number of nitrogens with zero attached hydrogens (tertiary/aromatic N) is 2. The third-order valence-electron chi connectivity index (χ3n) is 4.50. The van der Waals surface area contributed by atoms with Crippen LogP contribution < -0.4 is 20.1 Å². The molecule has 0 aliphatic heterocycles. The van der Waals surface area contributed by atoms with Crippen molar-refractivity contribution >= 4 is 38.8 Å². The molecule has 0 aliphatic rings. The lowest BCUT2D eigenvalue weighted by atomic mass is 10.3. The summed E-state index contributed by atoms with van der Waals surface area (Å²) in [5, 5.41) is 5.40. The first-order valence-corrected chi connectivity index (χ1v) is 12.2. The number of ether oxygens (including phenoxy) is 2. The molecule has 0 saturated carbocycles. The van der Waals surface area contributed by atoms with Gasteiger partial charge < -0.3 is 14.8 Å². The SMILES string of the molecule is COc1ccc(OCC(=O)NC(=S)Nc2ccc(S(=O)(=O)Cc3nc(C)cc(C)n3)cc2)cc1. The summed E-state index contributed by atoms with van der Waals surface area (Å²) in [6.45, 7) is 3.35. The van der Waals surface area contributed by atoms with E-state index in [4.69, 9.17) is 21.7 Å². The Labute approximate surface area is 203 Å². The number of amides is 1. The Kier molecular flexibility index (Phi) is 8.13. The van der Waals surface area contributed by atoms with Crippen molar-refractivity contribution in [3.63, 3.8) is 0 Å². The van der Waals surface area contributed by atoms with Gasteiger partial charge in [0.05, 0.1) is 12.0 Å². The van der Waals surface area contributed by atoms with Gasteiger partial charge in [0, 0.05) is 17.1 Å². The number of benzene rings is 2. The minimum atomic E-state index is -3.63. The fourth-order valence-corrected chi connectivity index (χ4v) is 4.43. The molecular formula is C23H24N4O5S2. The van der Waals surface area contributed by atoms with Crippen LogP contribution in [0.2, 0.25) is 0 Å². The van der Waals surface area contributed by atoms with Crippen LogP contribution in [-0.4, -0.2) is 43.1 Å². The molecule has 1 amide bonds. The maximum atomic E-state index is 12.7. The Bertz CT molecular complexity index is 1260. The second kappa shape index (κ2) is 11.0. The fraction of sp³-hybridized carbons (Fsp3) is 0.217. The topological polar surface area (TPSA) is 120 Å². The third-order valence-corrected chi connectivity index (χ3v) is 6.33. The number of hydrogen-bond donors (Lipinski definition) is 2. The van der Waals surface area contributed by atoms with Crippen LogP contribution >= 0.6 is 12.2 Å². The molecule has 0 unspecified atom stereocenters. The van der Waals surface area contributed by atoms with Gasteiger partial charge in [-0.1, -0.05) is 0 Å². The van der Waals surface area contributed by atoms with Crippen molar-refractivity contribution in [2.24, 2.45) is 0 Å². The van der Waals surface area contributed by atoms with Gasteiger partial charge in [-0.15, -0.1) is 0 Å². The number of rotatable bonds is 8. The summed E-state index contributed by atoms with van der Waals surface area (Å²) < 4.78 is 35.9. The lowest BCUT2D eigenvalue weighted by Crippen LogP contribution is -2.37. The number of carbonyl (C=O) groups excluding carboxylic acids is 1.